The van der Waals surface area contributed by atoms with E-state index in [0.29, 0.717) is 23.6 Å². The summed E-state index contributed by atoms with van der Waals surface area (Å²) in [6, 6.07) is 6.05. The zero-order valence-electron chi connectivity index (χ0n) is 17.2. The Kier molecular flexibility index (Phi) is 5.72. The smallest absolute Gasteiger partial charge is 0.276 e. The molecular formula is C21H28N4O3. The second kappa shape index (κ2) is 8.04. The number of aromatic nitrogens is 2. The summed E-state index contributed by atoms with van der Waals surface area (Å²) in [7, 11) is 5.06. The molecule has 0 bridgehead atoms. The van der Waals surface area contributed by atoms with E-state index in [-0.39, 0.29) is 17.5 Å². The second-order valence-corrected chi connectivity index (χ2v) is 7.42. The van der Waals surface area contributed by atoms with Gasteiger partial charge in [-0.05, 0) is 55.9 Å². The Morgan fingerprint density at radius 3 is 2.68 bits per heavy atom. The fourth-order valence-electron chi connectivity index (χ4n) is 3.43. The molecule has 0 radical (unpaired) electrons. The Labute approximate surface area is 165 Å². The zero-order valence-corrected chi connectivity index (χ0v) is 17.2. The Morgan fingerprint density at radius 2 is 2.00 bits per heavy atom. The number of aryl methyl sites for hydroxylation is 3. The molecule has 1 aromatic carbocycles. The van der Waals surface area contributed by atoms with E-state index in [9.17, 15) is 9.59 Å². The van der Waals surface area contributed by atoms with Crippen LogP contribution in [0.2, 0.25) is 0 Å². The molecule has 7 nitrogen and oxygen atoms in total. The number of fused-ring (bicyclic) bond motifs is 1. The summed E-state index contributed by atoms with van der Waals surface area (Å²) in [5.74, 6) is 0.161. The number of carbonyl (C=O) groups is 2. The van der Waals surface area contributed by atoms with Crippen LogP contribution in [0.1, 0.15) is 47.1 Å². The van der Waals surface area contributed by atoms with Crippen molar-refractivity contribution in [2.45, 2.75) is 45.6 Å². The lowest BCUT2D eigenvalue weighted by atomic mass is 10.1. The van der Waals surface area contributed by atoms with Gasteiger partial charge in [0.15, 0.2) is 11.8 Å². The molecule has 0 fully saturated rings. The van der Waals surface area contributed by atoms with Crippen LogP contribution in [0.5, 0.6) is 5.75 Å². The summed E-state index contributed by atoms with van der Waals surface area (Å²) >= 11 is 0. The van der Waals surface area contributed by atoms with Crippen molar-refractivity contribution in [1.29, 1.82) is 0 Å². The molecule has 2 amide bonds. The molecular weight excluding hydrogens is 356 g/mol. The fraction of sp³-hybridized carbons (Fsp3) is 0.476. The van der Waals surface area contributed by atoms with E-state index < -0.39 is 6.10 Å². The van der Waals surface area contributed by atoms with Gasteiger partial charge in [0.1, 0.15) is 5.75 Å². The highest BCUT2D eigenvalue weighted by Gasteiger charge is 2.26. The summed E-state index contributed by atoms with van der Waals surface area (Å²) in [4.78, 5) is 26.7. The molecule has 1 aromatic heterocycles. The van der Waals surface area contributed by atoms with Crippen LogP contribution in [-0.2, 0) is 24.7 Å². The summed E-state index contributed by atoms with van der Waals surface area (Å²) in [5, 5.41) is 7.13. The van der Waals surface area contributed by atoms with E-state index in [1.54, 1.807) is 25.8 Å². The number of amides is 2. The lowest BCUT2D eigenvalue weighted by Gasteiger charge is -2.18. The van der Waals surface area contributed by atoms with Crippen molar-refractivity contribution in [1.82, 2.24) is 14.7 Å². The van der Waals surface area contributed by atoms with Crippen molar-refractivity contribution in [3.05, 3.63) is 40.7 Å². The third-order valence-corrected chi connectivity index (χ3v) is 5.20. The van der Waals surface area contributed by atoms with Crippen LogP contribution in [0, 0.1) is 6.92 Å². The number of benzene rings is 1. The standard InChI is InChI=1S/C21H28N4O3/c1-6-17(28-16-11-10-14-8-7-9-15(14)12-16)20(26)22-18-13(2)25(5)23-19(18)21(27)24(3)4/h10-12,17H,6-9H2,1-5H3,(H,22,26). The first-order valence-corrected chi connectivity index (χ1v) is 9.66. The van der Waals surface area contributed by atoms with E-state index in [1.807, 2.05) is 26.0 Å². The summed E-state index contributed by atoms with van der Waals surface area (Å²) in [6.07, 6.45) is 3.19. The predicted molar refractivity (Wildman–Crippen MR) is 108 cm³/mol. The van der Waals surface area contributed by atoms with Gasteiger partial charge in [-0.2, -0.15) is 5.10 Å². The molecule has 150 valence electrons. The van der Waals surface area contributed by atoms with Gasteiger partial charge in [0.25, 0.3) is 11.8 Å². The molecule has 1 aliphatic rings. The van der Waals surface area contributed by atoms with Gasteiger partial charge in [0.2, 0.25) is 0 Å². The number of hydrogen-bond donors (Lipinski definition) is 1. The third-order valence-electron chi connectivity index (χ3n) is 5.20. The second-order valence-electron chi connectivity index (χ2n) is 7.42. The van der Waals surface area contributed by atoms with Crippen molar-refractivity contribution in [3.63, 3.8) is 0 Å². The number of anilines is 1. The minimum Gasteiger partial charge on any atom is -0.481 e. The quantitative estimate of drug-likeness (QED) is 0.831. The molecule has 7 heteroatoms. The maximum absolute atomic E-state index is 12.9. The normalized spacial score (nSPS) is 13.8. The van der Waals surface area contributed by atoms with Gasteiger partial charge in [0.05, 0.1) is 11.4 Å². The van der Waals surface area contributed by atoms with Crippen molar-refractivity contribution in [3.8, 4) is 5.75 Å². The highest BCUT2D eigenvalue weighted by atomic mass is 16.5. The molecule has 1 heterocycles. The molecule has 0 saturated heterocycles. The third kappa shape index (κ3) is 3.88. The molecule has 0 saturated carbocycles. The number of nitrogens with zero attached hydrogens (tertiary/aromatic N) is 3. The van der Waals surface area contributed by atoms with Gasteiger partial charge in [-0.25, -0.2) is 0 Å². The van der Waals surface area contributed by atoms with Gasteiger partial charge in [0, 0.05) is 21.1 Å². The average Bonchev–Trinajstić information content (AvgIpc) is 3.24. The summed E-state index contributed by atoms with van der Waals surface area (Å²) in [5.41, 5.74) is 4.04. The Hall–Kier alpha value is -2.83. The first kappa shape index (κ1) is 19.9. The summed E-state index contributed by atoms with van der Waals surface area (Å²) < 4.78 is 7.57. The molecule has 2 aromatic rings. The van der Waals surface area contributed by atoms with E-state index >= 15 is 0 Å². The van der Waals surface area contributed by atoms with Crippen molar-refractivity contribution >= 4 is 17.5 Å². The van der Waals surface area contributed by atoms with Gasteiger partial charge in [-0.3, -0.25) is 14.3 Å². The van der Waals surface area contributed by atoms with Crippen LogP contribution in [0.15, 0.2) is 18.2 Å². The molecule has 1 unspecified atom stereocenters. The molecule has 28 heavy (non-hydrogen) atoms. The topological polar surface area (TPSA) is 76.5 Å². The zero-order chi connectivity index (χ0) is 20.4. The highest BCUT2D eigenvalue weighted by Crippen LogP contribution is 2.27. The number of hydrogen-bond acceptors (Lipinski definition) is 4. The van der Waals surface area contributed by atoms with Crippen LogP contribution in [-0.4, -0.2) is 46.7 Å². The maximum Gasteiger partial charge on any atom is 0.276 e. The monoisotopic (exact) mass is 384 g/mol. The van der Waals surface area contributed by atoms with Crippen molar-refractivity contribution in [2.75, 3.05) is 19.4 Å². The minimum absolute atomic E-state index is 0.228. The van der Waals surface area contributed by atoms with E-state index in [2.05, 4.69) is 16.5 Å². The van der Waals surface area contributed by atoms with E-state index in [4.69, 9.17) is 4.74 Å². The molecule has 1 atom stereocenters. The molecule has 1 aliphatic carbocycles. The molecule has 0 aliphatic heterocycles. The molecule has 1 N–H and O–H groups in total. The first-order valence-electron chi connectivity index (χ1n) is 9.66. The van der Waals surface area contributed by atoms with Gasteiger partial charge < -0.3 is 15.0 Å². The Bertz CT molecular complexity index is 901. The SMILES string of the molecule is CCC(Oc1ccc2c(c1)CCC2)C(=O)Nc1c(C(=O)N(C)C)nn(C)c1C. The van der Waals surface area contributed by atoms with Crippen molar-refractivity contribution in [2.24, 2.45) is 7.05 Å². The lowest BCUT2D eigenvalue weighted by molar-refractivity contribution is -0.122. The van der Waals surface area contributed by atoms with Crippen LogP contribution in [0.25, 0.3) is 0 Å². The van der Waals surface area contributed by atoms with E-state index in [0.717, 1.165) is 12.8 Å². The van der Waals surface area contributed by atoms with Gasteiger partial charge >= 0.3 is 0 Å². The lowest BCUT2D eigenvalue weighted by Crippen LogP contribution is -2.33. The minimum atomic E-state index is -0.652. The fourth-order valence-corrected chi connectivity index (χ4v) is 3.43. The number of nitrogens with one attached hydrogen (secondary N) is 1. The average molecular weight is 384 g/mol. The largest absolute Gasteiger partial charge is 0.481 e. The molecule has 3 rings (SSSR count). The Morgan fingerprint density at radius 1 is 1.29 bits per heavy atom. The first-order chi connectivity index (χ1) is 13.3. The number of rotatable bonds is 6. The predicted octanol–water partition coefficient (Wildman–Crippen LogP) is 2.72. The van der Waals surface area contributed by atoms with Crippen LogP contribution in [0.4, 0.5) is 5.69 Å². The van der Waals surface area contributed by atoms with Crippen LogP contribution in [0.3, 0.4) is 0 Å². The Balaban J connectivity index is 1.78. The van der Waals surface area contributed by atoms with Crippen molar-refractivity contribution < 1.29 is 14.3 Å². The number of carbonyl (C=O) groups excluding carboxylic acids is 2. The number of ether oxygens (including phenoxy) is 1. The highest BCUT2D eigenvalue weighted by molar-refractivity contribution is 6.04. The van der Waals surface area contributed by atoms with Crippen LogP contribution < -0.4 is 10.1 Å². The van der Waals surface area contributed by atoms with Gasteiger partial charge in [-0.1, -0.05) is 13.0 Å². The maximum atomic E-state index is 12.9. The van der Waals surface area contributed by atoms with Gasteiger partial charge in [-0.15, -0.1) is 0 Å². The van der Waals surface area contributed by atoms with E-state index in [1.165, 1.54) is 22.4 Å². The summed E-state index contributed by atoms with van der Waals surface area (Å²) in [6.45, 7) is 3.72. The molecule has 0 spiro atoms. The van der Waals surface area contributed by atoms with Crippen LogP contribution >= 0.6 is 0 Å².